The molecular weight excluding hydrogens is 492 g/mol. The molecule has 1 aliphatic rings. The molecule has 1 fully saturated rings. The van der Waals surface area contributed by atoms with E-state index in [0.717, 1.165) is 62.0 Å². The maximum atomic E-state index is 13.1. The fourth-order valence-electron chi connectivity index (χ4n) is 4.65. The van der Waals surface area contributed by atoms with E-state index in [1.54, 1.807) is 12.3 Å². The Labute approximate surface area is 217 Å². The van der Waals surface area contributed by atoms with Crippen molar-refractivity contribution in [3.8, 4) is 11.1 Å². The molecule has 9 heteroatoms. The summed E-state index contributed by atoms with van der Waals surface area (Å²) in [6, 6.07) is 16.0. The fourth-order valence-corrected chi connectivity index (χ4v) is 5.59. The van der Waals surface area contributed by atoms with Crippen LogP contribution in [0.2, 0.25) is 0 Å². The van der Waals surface area contributed by atoms with Gasteiger partial charge in [0, 0.05) is 44.0 Å². The van der Waals surface area contributed by atoms with Gasteiger partial charge in [-0.3, -0.25) is 14.5 Å². The predicted octanol–water partition coefficient (Wildman–Crippen LogP) is 2.30. The Morgan fingerprint density at radius 1 is 1.03 bits per heavy atom. The lowest BCUT2D eigenvalue weighted by atomic mass is 10.00. The Kier molecular flexibility index (Phi) is 8.28. The van der Waals surface area contributed by atoms with Crippen molar-refractivity contribution in [3.63, 3.8) is 0 Å². The summed E-state index contributed by atoms with van der Waals surface area (Å²) in [5.41, 5.74) is 3.09. The van der Waals surface area contributed by atoms with Crippen LogP contribution >= 0.6 is 0 Å². The van der Waals surface area contributed by atoms with Crippen molar-refractivity contribution in [2.45, 2.75) is 31.1 Å². The highest BCUT2D eigenvalue weighted by atomic mass is 32.2. The van der Waals surface area contributed by atoms with Crippen LogP contribution in [-0.2, 0) is 32.3 Å². The first kappa shape index (κ1) is 27.2. The number of nitrogens with zero attached hydrogens (tertiary/aromatic N) is 2. The molecule has 1 N–H and O–H groups in total. The van der Waals surface area contributed by atoms with E-state index in [-0.39, 0.29) is 18.5 Å². The number of Topliss-reactive ketones (excluding diaryl/α,β-unsaturated/α-hetero) is 1. The maximum Gasteiger partial charge on any atom is 0.258 e. The molecule has 1 aromatic heterocycles. The van der Waals surface area contributed by atoms with Gasteiger partial charge in [-0.05, 0) is 60.0 Å². The number of rotatable bonds is 10. The van der Waals surface area contributed by atoms with Crippen LogP contribution in [0.1, 0.15) is 18.9 Å². The predicted molar refractivity (Wildman–Crippen MR) is 145 cm³/mol. The number of morpholine rings is 1. The van der Waals surface area contributed by atoms with Gasteiger partial charge in [-0.25, -0.2) is 8.42 Å². The molecular formula is C28H34N2O6S. The lowest BCUT2D eigenvalue weighted by Gasteiger charge is -2.26. The van der Waals surface area contributed by atoms with Crippen molar-refractivity contribution in [3.05, 3.63) is 70.6 Å². The van der Waals surface area contributed by atoms with Gasteiger partial charge in [-0.15, -0.1) is 0 Å². The number of carbonyl (C=O) groups excluding carboxylic acids is 1. The molecule has 1 atom stereocenters. The van der Waals surface area contributed by atoms with Crippen molar-refractivity contribution in [1.82, 2.24) is 9.47 Å². The number of aliphatic hydroxyl groups is 1. The first-order valence-corrected chi connectivity index (χ1v) is 14.4. The summed E-state index contributed by atoms with van der Waals surface area (Å²) in [5.74, 6) is -0.777. The molecule has 0 bridgehead atoms. The summed E-state index contributed by atoms with van der Waals surface area (Å²) in [4.78, 5) is 27.7. The number of aromatic nitrogens is 1. The summed E-state index contributed by atoms with van der Waals surface area (Å²) < 4.78 is 29.6. The van der Waals surface area contributed by atoms with Gasteiger partial charge in [0.1, 0.15) is 11.4 Å². The molecule has 0 aliphatic carbocycles. The Balaban J connectivity index is 1.49. The lowest BCUT2D eigenvalue weighted by Crippen LogP contribution is -2.46. The molecule has 2 heterocycles. The molecule has 0 spiro atoms. The SMILES string of the molecule is C[C@@](CCn1ccc2cc(-c3ccc(CCN4CCOCC4)cc3)ccc2c1=O)(C(=O)CO)S(C)(=O)=O. The molecule has 198 valence electrons. The Morgan fingerprint density at radius 2 is 1.70 bits per heavy atom. The smallest absolute Gasteiger partial charge is 0.258 e. The Morgan fingerprint density at radius 3 is 2.35 bits per heavy atom. The summed E-state index contributed by atoms with van der Waals surface area (Å²) in [6.07, 6.45) is 3.48. The Hall–Kier alpha value is -2.85. The molecule has 1 saturated heterocycles. The lowest BCUT2D eigenvalue weighted by molar-refractivity contribution is -0.124. The number of fused-ring (bicyclic) bond motifs is 1. The van der Waals surface area contributed by atoms with Gasteiger partial charge >= 0.3 is 0 Å². The molecule has 3 aromatic rings. The molecule has 0 amide bonds. The van der Waals surface area contributed by atoms with Crippen molar-refractivity contribution in [1.29, 1.82) is 0 Å². The summed E-state index contributed by atoms with van der Waals surface area (Å²) >= 11 is 0. The van der Waals surface area contributed by atoms with Gasteiger partial charge in [-0.2, -0.15) is 0 Å². The summed E-state index contributed by atoms with van der Waals surface area (Å²) in [7, 11) is -3.78. The third-order valence-corrected chi connectivity index (χ3v) is 9.53. The van der Waals surface area contributed by atoms with Crippen molar-refractivity contribution in [2.75, 3.05) is 45.7 Å². The highest BCUT2D eigenvalue weighted by Crippen LogP contribution is 2.25. The number of pyridine rings is 1. The van der Waals surface area contributed by atoms with Gasteiger partial charge in [0.15, 0.2) is 15.6 Å². The number of hydrogen-bond donors (Lipinski definition) is 1. The number of benzene rings is 2. The van der Waals surface area contributed by atoms with Crippen LogP contribution in [-0.4, -0.2) is 79.2 Å². The van der Waals surface area contributed by atoms with Crippen LogP contribution in [0.15, 0.2) is 59.5 Å². The number of ketones is 1. The van der Waals surface area contributed by atoms with E-state index in [9.17, 15) is 23.1 Å². The zero-order valence-corrected chi connectivity index (χ0v) is 22.2. The van der Waals surface area contributed by atoms with E-state index in [1.165, 1.54) is 17.1 Å². The van der Waals surface area contributed by atoms with E-state index >= 15 is 0 Å². The second kappa shape index (κ2) is 11.3. The fraction of sp³-hybridized carbons (Fsp3) is 0.429. The standard InChI is InChI=1S/C28H34N2O6S/c1-28(26(32)20-31,37(2,34)35)11-14-30-13-10-24-19-23(7-8-25(24)27(30)33)22-5-3-21(4-6-22)9-12-29-15-17-36-18-16-29/h3-8,10,13,19,31H,9,11-12,14-18,20H2,1-2H3/t28-/m1/s1. The average Bonchev–Trinajstić information content (AvgIpc) is 2.91. The molecule has 8 nitrogen and oxygen atoms in total. The van der Waals surface area contributed by atoms with Crippen LogP contribution in [0.3, 0.4) is 0 Å². The van der Waals surface area contributed by atoms with E-state index in [2.05, 4.69) is 29.2 Å². The molecule has 0 saturated carbocycles. The minimum atomic E-state index is -3.78. The zero-order valence-electron chi connectivity index (χ0n) is 21.4. The van der Waals surface area contributed by atoms with Gasteiger partial charge in [0.05, 0.1) is 13.2 Å². The zero-order chi connectivity index (χ0) is 26.6. The van der Waals surface area contributed by atoms with E-state index in [1.807, 2.05) is 18.2 Å². The van der Waals surface area contributed by atoms with Crippen LogP contribution < -0.4 is 5.56 Å². The number of aryl methyl sites for hydroxylation is 1. The highest BCUT2D eigenvalue weighted by Gasteiger charge is 2.42. The van der Waals surface area contributed by atoms with Gasteiger partial charge in [-0.1, -0.05) is 30.3 Å². The second-order valence-electron chi connectivity index (χ2n) is 9.85. The van der Waals surface area contributed by atoms with Crippen LogP contribution in [0.25, 0.3) is 21.9 Å². The van der Waals surface area contributed by atoms with E-state index < -0.39 is 27.0 Å². The third kappa shape index (κ3) is 6.01. The monoisotopic (exact) mass is 526 g/mol. The first-order chi connectivity index (χ1) is 17.6. The minimum absolute atomic E-state index is 0.0394. The largest absolute Gasteiger partial charge is 0.389 e. The first-order valence-electron chi connectivity index (χ1n) is 12.5. The van der Waals surface area contributed by atoms with E-state index in [0.29, 0.717) is 5.39 Å². The normalized spacial score (nSPS) is 16.5. The van der Waals surface area contributed by atoms with Gasteiger partial charge < -0.3 is 14.4 Å². The maximum absolute atomic E-state index is 13.1. The highest BCUT2D eigenvalue weighted by molar-refractivity contribution is 7.92. The molecule has 0 radical (unpaired) electrons. The number of hydrogen-bond acceptors (Lipinski definition) is 7. The second-order valence-corrected chi connectivity index (χ2v) is 12.3. The topological polar surface area (TPSA) is 106 Å². The van der Waals surface area contributed by atoms with Gasteiger partial charge in [0.25, 0.3) is 5.56 Å². The molecule has 2 aromatic carbocycles. The van der Waals surface area contributed by atoms with Crippen LogP contribution in [0.5, 0.6) is 0 Å². The van der Waals surface area contributed by atoms with Crippen LogP contribution in [0, 0.1) is 0 Å². The molecule has 0 unspecified atom stereocenters. The van der Waals surface area contributed by atoms with Crippen LogP contribution in [0.4, 0.5) is 0 Å². The minimum Gasteiger partial charge on any atom is -0.389 e. The molecule has 4 rings (SSSR count). The van der Waals surface area contributed by atoms with E-state index in [4.69, 9.17) is 4.74 Å². The summed E-state index contributed by atoms with van der Waals surface area (Å²) in [5, 5.41) is 10.6. The van der Waals surface area contributed by atoms with Crippen molar-refractivity contribution < 1.29 is 23.1 Å². The summed E-state index contributed by atoms with van der Waals surface area (Å²) in [6.45, 7) is 5.05. The molecule has 1 aliphatic heterocycles. The molecule has 37 heavy (non-hydrogen) atoms. The Bertz CT molecular complexity index is 1430. The number of aliphatic hydroxyl groups excluding tert-OH is 1. The number of ether oxygens (including phenoxy) is 1. The number of sulfone groups is 1. The van der Waals surface area contributed by atoms with Crippen molar-refractivity contribution in [2.24, 2.45) is 0 Å². The van der Waals surface area contributed by atoms with Gasteiger partial charge in [0.2, 0.25) is 0 Å². The number of carbonyl (C=O) groups is 1. The third-order valence-electron chi connectivity index (χ3n) is 7.47. The van der Waals surface area contributed by atoms with Crippen molar-refractivity contribution >= 4 is 26.4 Å². The quantitative estimate of drug-likeness (QED) is 0.432. The average molecular weight is 527 g/mol.